The summed E-state index contributed by atoms with van der Waals surface area (Å²) in [6.07, 6.45) is 3.04. The van der Waals surface area contributed by atoms with Crippen molar-refractivity contribution in [2.24, 2.45) is 0 Å². The molecule has 0 aromatic heterocycles. The van der Waals surface area contributed by atoms with Crippen LogP contribution in [0.15, 0.2) is 84.9 Å². The molecule has 0 unspecified atom stereocenters. The van der Waals surface area contributed by atoms with E-state index in [1.54, 1.807) is 30.3 Å². The van der Waals surface area contributed by atoms with Crippen LogP contribution in [0.25, 0.3) is 6.08 Å². The van der Waals surface area contributed by atoms with E-state index in [0.29, 0.717) is 17.9 Å². The number of carbonyl (C=O) groups excluding carboxylic acids is 2. The van der Waals surface area contributed by atoms with Crippen molar-refractivity contribution in [2.75, 3.05) is 0 Å². The van der Waals surface area contributed by atoms with Crippen LogP contribution in [0.4, 0.5) is 0 Å². The van der Waals surface area contributed by atoms with Gasteiger partial charge in [-0.1, -0.05) is 72.3 Å². The van der Waals surface area contributed by atoms with Gasteiger partial charge in [-0.2, -0.15) is 0 Å². The van der Waals surface area contributed by atoms with Gasteiger partial charge in [-0.05, 0) is 36.3 Å². The smallest absolute Gasteiger partial charge is 0.273 e. The van der Waals surface area contributed by atoms with Crippen molar-refractivity contribution in [2.45, 2.75) is 13.5 Å². The highest BCUT2D eigenvalue weighted by molar-refractivity contribution is 5.99. The molecule has 2 N–H and O–H groups in total. The van der Waals surface area contributed by atoms with Crippen LogP contribution in [-0.4, -0.2) is 11.8 Å². The fourth-order valence-corrected chi connectivity index (χ4v) is 2.59. The third kappa shape index (κ3) is 6.07. The molecule has 3 aromatic carbocycles. The lowest BCUT2D eigenvalue weighted by Gasteiger charge is -2.12. The predicted octanol–water partition coefficient (Wildman–Crippen LogP) is 4.05. The van der Waals surface area contributed by atoms with Crippen LogP contribution in [-0.2, 0) is 11.4 Å². The first-order valence-corrected chi connectivity index (χ1v) is 9.22. The molecule has 3 aromatic rings. The number of rotatable bonds is 6. The van der Waals surface area contributed by atoms with Crippen molar-refractivity contribution in [3.8, 4) is 5.75 Å². The van der Waals surface area contributed by atoms with Gasteiger partial charge in [-0.25, -0.2) is 0 Å². The molecule has 0 aliphatic heterocycles. The quantitative estimate of drug-likeness (QED) is 0.496. The van der Waals surface area contributed by atoms with Gasteiger partial charge in [-0.3, -0.25) is 20.4 Å². The third-order valence-corrected chi connectivity index (χ3v) is 4.17. The van der Waals surface area contributed by atoms with Crippen molar-refractivity contribution in [1.82, 2.24) is 10.9 Å². The zero-order valence-electron chi connectivity index (χ0n) is 16.1. The summed E-state index contributed by atoms with van der Waals surface area (Å²) in [7, 11) is 0. The molecule has 0 saturated heterocycles. The number of benzene rings is 3. The second kappa shape index (κ2) is 9.90. The SMILES string of the molecule is Cc1ccc(/C=C/C(=O)NNC(=O)c2ccccc2OCc2ccccc2)cc1. The fourth-order valence-electron chi connectivity index (χ4n) is 2.59. The lowest BCUT2D eigenvalue weighted by Crippen LogP contribution is -2.40. The first-order valence-electron chi connectivity index (χ1n) is 9.22. The van der Waals surface area contributed by atoms with Gasteiger partial charge in [0.05, 0.1) is 5.56 Å². The topological polar surface area (TPSA) is 67.4 Å². The van der Waals surface area contributed by atoms with Crippen LogP contribution in [0.5, 0.6) is 5.75 Å². The Morgan fingerprint density at radius 2 is 1.55 bits per heavy atom. The van der Waals surface area contributed by atoms with Gasteiger partial charge < -0.3 is 4.74 Å². The third-order valence-electron chi connectivity index (χ3n) is 4.17. The Hall–Kier alpha value is -3.86. The molecule has 0 bridgehead atoms. The molecule has 5 nitrogen and oxygen atoms in total. The normalized spacial score (nSPS) is 10.5. The molecule has 146 valence electrons. The standard InChI is InChI=1S/C24H22N2O3/c1-18-11-13-19(14-12-18)15-16-23(27)25-26-24(28)21-9-5-6-10-22(21)29-17-20-7-3-2-4-8-20/h2-16H,17H2,1H3,(H,25,27)(H,26,28)/b16-15+. The van der Waals surface area contributed by atoms with Crippen molar-refractivity contribution >= 4 is 17.9 Å². The van der Waals surface area contributed by atoms with E-state index in [0.717, 1.165) is 16.7 Å². The number of aryl methyl sites for hydroxylation is 1. The molecule has 0 radical (unpaired) electrons. The molecule has 0 saturated carbocycles. The molecular formula is C24H22N2O3. The molecule has 0 fully saturated rings. The average molecular weight is 386 g/mol. The van der Waals surface area contributed by atoms with Crippen molar-refractivity contribution < 1.29 is 14.3 Å². The fraction of sp³-hybridized carbons (Fsp3) is 0.0833. The second-order valence-electron chi connectivity index (χ2n) is 6.46. The number of hydrogen-bond donors (Lipinski definition) is 2. The first-order chi connectivity index (χ1) is 14.1. The Balaban J connectivity index is 1.56. The summed E-state index contributed by atoms with van der Waals surface area (Å²) in [5.41, 5.74) is 8.18. The van der Waals surface area contributed by atoms with Crippen LogP contribution in [0.2, 0.25) is 0 Å². The lowest BCUT2D eigenvalue weighted by atomic mass is 10.1. The highest BCUT2D eigenvalue weighted by Gasteiger charge is 2.12. The maximum absolute atomic E-state index is 12.5. The first kappa shape index (κ1) is 19.9. The van der Waals surface area contributed by atoms with Gasteiger partial charge in [0.15, 0.2) is 0 Å². The molecule has 3 rings (SSSR count). The van der Waals surface area contributed by atoms with E-state index in [9.17, 15) is 9.59 Å². The molecular weight excluding hydrogens is 364 g/mol. The summed E-state index contributed by atoms with van der Waals surface area (Å²) in [5.74, 6) is -0.439. The van der Waals surface area contributed by atoms with E-state index >= 15 is 0 Å². The number of nitrogens with one attached hydrogen (secondary N) is 2. The Morgan fingerprint density at radius 1 is 0.862 bits per heavy atom. The summed E-state index contributed by atoms with van der Waals surface area (Å²) in [4.78, 5) is 24.4. The Bertz CT molecular complexity index is 996. The zero-order chi connectivity index (χ0) is 20.5. The van der Waals surface area contributed by atoms with Crippen LogP contribution in [0.1, 0.15) is 27.0 Å². The second-order valence-corrected chi connectivity index (χ2v) is 6.46. The van der Waals surface area contributed by atoms with Crippen LogP contribution < -0.4 is 15.6 Å². The van der Waals surface area contributed by atoms with Crippen molar-refractivity contribution in [3.05, 3.63) is 107 Å². The summed E-state index contributed by atoms with van der Waals surface area (Å²) < 4.78 is 5.78. The Morgan fingerprint density at radius 3 is 2.31 bits per heavy atom. The van der Waals surface area contributed by atoms with Gasteiger partial charge in [-0.15, -0.1) is 0 Å². The molecule has 0 aliphatic rings. The molecule has 29 heavy (non-hydrogen) atoms. The van der Waals surface area contributed by atoms with Crippen molar-refractivity contribution in [1.29, 1.82) is 0 Å². The Kier molecular flexibility index (Phi) is 6.79. The molecule has 0 atom stereocenters. The van der Waals surface area contributed by atoms with Gasteiger partial charge in [0.1, 0.15) is 12.4 Å². The lowest BCUT2D eigenvalue weighted by molar-refractivity contribution is -0.117. The molecule has 0 heterocycles. The Labute approximate surface area is 170 Å². The summed E-state index contributed by atoms with van der Waals surface area (Å²) >= 11 is 0. The number of amides is 2. The zero-order valence-corrected chi connectivity index (χ0v) is 16.1. The number of hydrogen-bond acceptors (Lipinski definition) is 3. The van der Waals surface area contributed by atoms with E-state index < -0.39 is 11.8 Å². The van der Waals surface area contributed by atoms with E-state index in [1.165, 1.54) is 6.08 Å². The van der Waals surface area contributed by atoms with E-state index in [1.807, 2.05) is 61.5 Å². The summed E-state index contributed by atoms with van der Waals surface area (Å²) in [5, 5.41) is 0. The van der Waals surface area contributed by atoms with Gasteiger partial charge in [0, 0.05) is 6.08 Å². The minimum absolute atomic E-state index is 0.339. The van der Waals surface area contributed by atoms with Crippen molar-refractivity contribution in [3.63, 3.8) is 0 Å². The number of carbonyl (C=O) groups is 2. The highest BCUT2D eigenvalue weighted by atomic mass is 16.5. The van der Waals surface area contributed by atoms with Gasteiger partial charge in [0.25, 0.3) is 11.8 Å². The number of hydrazine groups is 1. The number of para-hydroxylation sites is 1. The average Bonchev–Trinajstić information content (AvgIpc) is 2.76. The summed E-state index contributed by atoms with van der Waals surface area (Å²) in [6.45, 7) is 2.34. The molecule has 0 aliphatic carbocycles. The van der Waals surface area contributed by atoms with Gasteiger partial charge >= 0.3 is 0 Å². The largest absolute Gasteiger partial charge is 0.488 e. The van der Waals surface area contributed by atoms with Crippen LogP contribution in [0, 0.1) is 6.92 Å². The van der Waals surface area contributed by atoms with E-state index in [2.05, 4.69) is 10.9 Å². The molecule has 0 spiro atoms. The maximum Gasteiger partial charge on any atom is 0.273 e. The van der Waals surface area contributed by atoms with E-state index in [4.69, 9.17) is 4.74 Å². The number of ether oxygens (including phenoxy) is 1. The monoisotopic (exact) mass is 386 g/mol. The molecule has 2 amide bonds. The van der Waals surface area contributed by atoms with Gasteiger partial charge in [0.2, 0.25) is 0 Å². The minimum atomic E-state index is -0.453. The predicted molar refractivity (Wildman–Crippen MR) is 113 cm³/mol. The minimum Gasteiger partial charge on any atom is -0.488 e. The van der Waals surface area contributed by atoms with E-state index in [-0.39, 0.29) is 0 Å². The summed E-state index contributed by atoms with van der Waals surface area (Å²) in [6, 6.07) is 24.3. The van der Waals surface area contributed by atoms with Crippen LogP contribution in [0.3, 0.4) is 0 Å². The maximum atomic E-state index is 12.5. The molecule has 5 heteroatoms. The highest BCUT2D eigenvalue weighted by Crippen LogP contribution is 2.19. The van der Waals surface area contributed by atoms with Crippen LogP contribution >= 0.6 is 0 Å².